The predicted octanol–water partition coefficient (Wildman–Crippen LogP) is 1.61. The highest BCUT2D eigenvalue weighted by Crippen LogP contribution is 2.13. The third-order valence-electron chi connectivity index (χ3n) is 3.11. The van der Waals surface area contributed by atoms with Gasteiger partial charge in [-0.25, -0.2) is 0 Å². The van der Waals surface area contributed by atoms with E-state index in [2.05, 4.69) is 41.2 Å². The Balaban J connectivity index is 1.93. The first-order chi connectivity index (χ1) is 7.75. The Morgan fingerprint density at radius 2 is 2.06 bits per heavy atom. The van der Waals surface area contributed by atoms with Crippen molar-refractivity contribution in [1.82, 2.24) is 15.2 Å². The van der Waals surface area contributed by atoms with Gasteiger partial charge in [0.15, 0.2) is 0 Å². The van der Waals surface area contributed by atoms with Gasteiger partial charge in [0.05, 0.1) is 5.69 Å². The molecule has 0 radical (unpaired) electrons. The van der Waals surface area contributed by atoms with Crippen molar-refractivity contribution in [2.45, 2.75) is 26.3 Å². The van der Waals surface area contributed by atoms with Gasteiger partial charge in [0, 0.05) is 38.9 Å². The molecule has 0 atom stereocenters. The number of rotatable bonds is 3. The average Bonchev–Trinajstić information content (AvgIpc) is 2.31. The second-order valence-electron chi connectivity index (χ2n) is 4.76. The molecule has 3 heteroatoms. The minimum atomic E-state index is 0.570. The quantitative estimate of drug-likeness (QED) is 0.837. The topological polar surface area (TPSA) is 28.2 Å². The van der Waals surface area contributed by atoms with E-state index < -0.39 is 0 Å². The lowest BCUT2D eigenvalue weighted by Crippen LogP contribution is -2.43. The van der Waals surface area contributed by atoms with Crippen molar-refractivity contribution in [3.63, 3.8) is 0 Å². The average molecular weight is 219 g/mol. The van der Waals surface area contributed by atoms with Crippen LogP contribution in [0.5, 0.6) is 0 Å². The van der Waals surface area contributed by atoms with Crippen LogP contribution in [-0.2, 0) is 6.54 Å². The molecule has 1 N–H and O–H groups in total. The smallest absolute Gasteiger partial charge is 0.0544 e. The molecule has 1 saturated heterocycles. The Morgan fingerprint density at radius 1 is 1.31 bits per heavy atom. The first-order valence-electron chi connectivity index (χ1n) is 6.13. The molecule has 0 unspecified atom stereocenters. The van der Waals surface area contributed by atoms with Gasteiger partial charge in [-0.15, -0.1) is 0 Å². The lowest BCUT2D eigenvalue weighted by molar-refractivity contribution is 0.230. The number of nitrogens with one attached hydrogen (secondary N) is 1. The molecular formula is C13H21N3. The van der Waals surface area contributed by atoms with E-state index in [1.165, 1.54) is 11.3 Å². The van der Waals surface area contributed by atoms with E-state index in [1.54, 1.807) is 0 Å². The molecule has 1 fully saturated rings. The Hall–Kier alpha value is -0.930. The summed E-state index contributed by atoms with van der Waals surface area (Å²) in [5.41, 5.74) is 2.51. The number of hydrogen-bond acceptors (Lipinski definition) is 3. The van der Waals surface area contributed by atoms with Crippen LogP contribution in [0.25, 0.3) is 0 Å². The minimum absolute atomic E-state index is 0.570. The predicted molar refractivity (Wildman–Crippen MR) is 66.5 cm³/mol. The van der Waals surface area contributed by atoms with Crippen LogP contribution in [0, 0.1) is 0 Å². The molecule has 1 aliphatic heterocycles. The number of pyridine rings is 1. The maximum atomic E-state index is 4.53. The van der Waals surface area contributed by atoms with E-state index in [0.717, 1.165) is 32.7 Å². The largest absolute Gasteiger partial charge is 0.314 e. The van der Waals surface area contributed by atoms with E-state index in [1.807, 2.05) is 6.20 Å². The van der Waals surface area contributed by atoms with Crippen LogP contribution >= 0.6 is 0 Å². The molecule has 2 rings (SSSR count). The molecule has 0 aliphatic carbocycles. The molecule has 0 bridgehead atoms. The molecule has 1 aliphatic rings. The molecule has 0 spiro atoms. The second kappa shape index (κ2) is 5.41. The number of hydrogen-bond donors (Lipinski definition) is 1. The molecule has 16 heavy (non-hydrogen) atoms. The summed E-state index contributed by atoms with van der Waals surface area (Å²) in [6.45, 7) is 9.86. The Kier molecular flexibility index (Phi) is 3.91. The molecular weight excluding hydrogens is 198 g/mol. The maximum Gasteiger partial charge on any atom is 0.0544 e. The van der Waals surface area contributed by atoms with Gasteiger partial charge < -0.3 is 5.32 Å². The summed E-state index contributed by atoms with van der Waals surface area (Å²) < 4.78 is 0. The van der Waals surface area contributed by atoms with Gasteiger partial charge >= 0.3 is 0 Å². The molecule has 0 aromatic carbocycles. The van der Waals surface area contributed by atoms with Crippen LogP contribution in [-0.4, -0.2) is 36.1 Å². The zero-order valence-corrected chi connectivity index (χ0v) is 10.2. The van der Waals surface area contributed by atoms with Crippen LogP contribution in [0.15, 0.2) is 18.3 Å². The molecule has 1 aromatic rings. The third-order valence-corrected chi connectivity index (χ3v) is 3.11. The first kappa shape index (κ1) is 11.6. The molecule has 1 aromatic heterocycles. The van der Waals surface area contributed by atoms with Crippen molar-refractivity contribution in [2.24, 2.45) is 0 Å². The van der Waals surface area contributed by atoms with E-state index in [-0.39, 0.29) is 0 Å². The van der Waals surface area contributed by atoms with Crippen molar-refractivity contribution in [3.05, 3.63) is 29.6 Å². The Bertz CT molecular complexity index is 312. The van der Waals surface area contributed by atoms with Crippen LogP contribution in [0.3, 0.4) is 0 Å². The van der Waals surface area contributed by atoms with Gasteiger partial charge in [0.1, 0.15) is 0 Å². The highest BCUT2D eigenvalue weighted by Gasteiger charge is 2.10. The fourth-order valence-corrected chi connectivity index (χ4v) is 1.97. The van der Waals surface area contributed by atoms with Gasteiger partial charge in [-0.05, 0) is 17.5 Å². The second-order valence-corrected chi connectivity index (χ2v) is 4.76. The van der Waals surface area contributed by atoms with E-state index in [9.17, 15) is 0 Å². The van der Waals surface area contributed by atoms with Crippen molar-refractivity contribution in [1.29, 1.82) is 0 Å². The van der Waals surface area contributed by atoms with Crippen LogP contribution < -0.4 is 5.32 Å². The Labute approximate surface area is 97.9 Å². The van der Waals surface area contributed by atoms with Gasteiger partial charge in [0.25, 0.3) is 0 Å². The molecule has 2 heterocycles. The maximum absolute atomic E-state index is 4.53. The summed E-state index contributed by atoms with van der Waals surface area (Å²) in [4.78, 5) is 6.98. The Morgan fingerprint density at radius 3 is 2.62 bits per heavy atom. The summed E-state index contributed by atoms with van der Waals surface area (Å²) >= 11 is 0. The molecule has 0 amide bonds. The van der Waals surface area contributed by atoms with Crippen molar-refractivity contribution in [2.75, 3.05) is 26.2 Å². The van der Waals surface area contributed by atoms with Gasteiger partial charge in [-0.2, -0.15) is 0 Å². The van der Waals surface area contributed by atoms with E-state index >= 15 is 0 Å². The number of nitrogens with zero attached hydrogens (tertiary/aromatic N) is 2. The lowest BCUT2D eigenvalue weighted by atomic mass is 10.1. The van der Waals surface area contributed by atoms with Crippen LogP contribution in [0.1, 0.15) is 31.0 Å². The molecule has 88 valence electrons. The summed E-state index contributed by atoms with van der Waals surface area (Å²) in [7, 11) is 0. The number of aromatic nitrogens is 1. The van der Waals surface area contributed by atoms with Gasteiger partial charge in [-0.3, -0.25) is 9.88 Å². The fourth-order valence-electron chi connectivity index (χ4n) is 1.97. The van der Waals surface area contributed by atoms with E-state index in [0.29, 0.717) is 5.92 Å². The van der Waals surface area contributed by atoms with Crippen molar-refractivity contribution >= 4 is 0 Å². The lowest BCUT2D eigenvalue weighted by Gasteiger charge is -2.26. The monoisotopic (exact) mass is 219 g/mol. The summed E-state index contributed by atoms with van der Waals surface area (Å²) in [5.74, 6) is 0.570. The molecule has 0 saturated carbocycles. The third kappa shape index (κ3) is 3.03. The fraction of sp³-hybridized carbons (Fsp3) is 0.615. The normalized spacial score (nSPS) is 17.9. The highest BCUT2D eigenvalue weighted by atomic mass is 15.2. The minimum Gasteiger partial charge on any atom is -0.314 e. The van der Waals surface area contributed by atoms with E-state index in [4.69, 9.17) is 0 Å². The summed E-state index contributed by atoms with van der Waals surface area (Å²) in [5, 5.41) is 3.36. The van der Waals surface area contributed by atoms with Crippen molar-refractivity contribution in [3.8, 4) is 0 Å². The van der Waals surface area contributed by atoms with Crippen LogP contribution in [0.4, 0.5) is 0 Å². The zero-order valence-electron chi connectivity index (χ0n) is 10.2. The first-order valence-corrected chi connectivity index (χ1v) is 6.13. The summed E-state index contributed by atoms with van der Waals surface area (Å²) in [6, 6.07) is 4.37. The zero-order chi connectivity index (χ0) is 11.4. The van der Waals surface area contributed by atoms with Crippen molar-refractivity contribution < 1.29 is 0 Å². The standard InChI is InChI=1S/C13H21N3/c1-11(2)12-3-4-13(15-9-12)10-16-7-5-14-6-8-16/h3-4,9,11,14H,5-8,10H2,1-2H3. The van der Waals surface area contributed by atoms with Crippen LogP contribution in [0.2, 0.25) is 0 Å². The molecule has 3 nitrogen and oxygen atoms in total. The number of piperazine rings is 1. The van der Waals surface area contributed by atoms with Gasteiger partial charge in [-0.1, -0.05) is 19.9 Å². The SMILES string of the molecule is CC(C)c1ccc(CN2CCNCC2)nc1. The highest BCUT2D eigenvalue weighted by molar-refractivity contribution is 5.17. The van der Waals surface area contributed by atoms with Gasteiger partial charge in [0.2, 0.25) is 0 Å². The summed E-state index contributed by atoms with van der Waals surface area (Å²) in [6.07, 6.45) is 2.02.